The van der Waals surface area contributed by atoms with E-state index >= 15 is 0 Å². The van der Waals surface area contributed by atoms with Crippen molar-refractivity contribution in [3.63, 3.8) is 0 Å². The maximum atomic E-state index is 14.3. The van der Waals surface area contributed by atoms with Crippen molar-refractivity contribution in [3.8, 4) is 11.5 Å². The summed E-state index contributed by atoms with van der Waals surface area (Å²) in [6.45, 7) is 1.11. The molecule has 220 valence electrons. The van der Waals surface area contributed by atoms with Gasteiger partial charge in [-0.25, -0.2) is 17.7 Å². The minimum Gasteiger partial charge on any atom is -0.497 e. The van der Waals surface area contributed by atoms with Crippen molar-refractivity contribution in [2.45, 2.75) is 62.0 Å². The number of fused-ring (bicyclic) bond motifs is 1. The number of hydrogen-bond donors (Lipinski definition) is 0. The van der Waals surface area contributed by atoms with Gasteiger partial charge in [0, 0.05) is 35.2 Å². The van der Waals surface area contributed by atoms with Gasteiger partial charge in [0.15, 0.2) is 0 Å². The minimum atomic E-state index is -3.95. The summed E-state index contributed by atoms with van der Waals surface area (Å²) >= 11 is 1.05. The van der Waals surface area contributed by atoms with Crippen LogP contribution in [0.2, 0.25) is 0 Å². The fraction of sp³-hybridized carbons (Fsp3) is 0.375. The Morgan fingerprint density at radius 2 is 1.79 bits per heavy atom. The zero-order chi connectivity index (χ0) is 29.1. The number of ether oxygens (including phenoxy) is 2. The first kappa shape index (κ1) is 28.6. The lowest BCUT2D eigenvalue weighted by atomic mass is 9.83. The lowest BCUT2D eigenvalue weighted by Crippen LogP contribution is -2.38. The number of anilines is 1. The van der Waals surface area contributed by atoms with Gasteiger partial charge in [-0.1, -0.05) is 42.8 Å². The van der Waals surface area contributed by atoms with E-state index in [4.69, 9.17) is 9.47 Å². The van der Waals surface area contributed by atoms with E-state index in [0.29, 0.717) is 28.2 Å². The monoisotopic (exact) mass is 604 g/mol. The van der Waals surface area contributed by atoms with Crippen molar-refractivity contribution in [1.82, 2.24) is 14.3 Å². The van der Waals surface area contributed by atoms with Crippen LogP contribution in [-0.2, 0) is 23.0 Å². The Labute approximate surface area is 252 Å². The number of piperidine rings is 1. The minimum absolute atomic E-state index is 0.0525. The summed E-state index contributed by atoms with van der Waals surface area (Å²) in [4.78, 5) is 7.20. The maximum Gasteiger partial charge on any atom is 0.266 e. The third kappa shape index (κ3) is 5.63. The van der Waals surface area contributed by atoms with Crippen molar-refractivity contribution in [2.24, 2.45) is 0 Å². The van der Waals surface area contributed by atoms with Crippen LogP contribution in [0.3, 0.4) is 0 Å². The summed E-state index contributed by atoms with van der Waals surface area (Å²) in [5.74, 6) is 1.18. The second-order valence-electron chi connectivity index (χ2n) is 10.8. The average Bonchev–Trinajstić information content (AvgIpc) is 3.58. The van der Waals surface area contributed by atoms with Crippen LogP contribution in [0.25, 0.3) is 0 Å². The Bertz CT molecular complexity index is 1610. The Hall–Kier alpha value is -3.47. The molecule has 1 aliphatic carbocycles. The molecule has 0 radical (unpaired) electrons. The van der Waals surface area contributed by atoms with Gasteiger partial charge in [-0.3, -0.25) is 4.90 Å². The standard InChI is InChI=1S/C32H36N4O4S2/c1-39-26-15-14-25(31(20-26)40-2)21-36(32-33-22-34-41-32)42(37,38)27-16-17-28-24(19-27)11-8-13-30(28)35-18-7-6-12-29(35)23-9-4-3-5-10-23/h3-5,9-10,14-17,19-20,22,29-30H,6-8,11-13,18,21H2,1-2H3/t29-,30?/m1/s1. The summed E-state index contributed by atoms with van der Waals surface area (Å²) < 4.78 is 44.8. The van der Waals surface area contributed by atoms with E-state index in [0.717, 1.165) is 49.3 Å². The topological polar surface area (TPSA) is 84.9 Å². The Balaban J connectivity index is 1.33. The van der Waals surface area contributed by atoms with Gasteiger partial charge in [-0.15, -0.1) is 0 Å². The van der Waals surface area contributed by atoms with E-state index < -0.39 is 10.0 Å². The molecule has 1 saturated heterocycles. The highest BCUT2D eigenvalue weighted by atomic mass is 32.2. The zero-order valence-corrected chi connectivity index (χ0v) is 25.6. The van der Waals surface area contributed by atoms with Crippen LogP contribution in [0, 0.1) is 0 Å². The van der Waals surface area contributed by atoms with Crippen LogP contribution in [0.4, 0.5) is 5.13 Å². The van der Waals surface area contributed by atoms with Crippen molar-refractivity contribution in [3.05, 3.63) is 95.3 Å². The smallest absolute Gasteiger partial charge is 0.266 e. The van der Waals surface area contributed by atoms with Crippen LogP contribution >= 0.6 is 11.5 Å². The van der Waals surface area contributed by atoms with Gasteiger partial charge in [0.2, 0.25) is 5.13 Å². The number of likely N-dealkylation sites (tertiary alicyclic amines) is 1. The van der Waals surface area contributed by atoms with Gasteiger partial charge in [0.05, 0.1) is 25.7 Å². The molecule has 42 heavy (non-hydrogen) atoms. The number of aromatic nitrogens is 2. The molecule has 2 aliphatic rings. The molecule has 8 nitrogen and oxygen atoms in total. The largest absolute Gasteiger partial charge is 0.497 e. The van der Waals surface area contributed by atoms with E-state index in [-0.39, 0.29) is 17.5 Å². The highest BCUT2D eigenvalue weighted by Gasteiger charge is 2.35. The molecule has 10 heteroatoms. The van der Waals surface area contributed by atoms with E-state index in [9.17, 15) is 8.42 Å². The van der Waals surface area contributed by atoms with Gasteiger partial charge in [-0.2, -0.15) is 4.37 Å². The van der Waals surface area contributed by atoms with E-state index in [2.05, 4.69) is 50.7 Å². The zero-order valence-electron chi connectivity index (χ0n) is 24.0. The summed E-state index contributed by atoms with van der Waals surface area (Å²) in [5.41, 5.74) is 4.43. The first-order chi connectivity index (χ1) is 20.5. The Morgan fingerprint density at radius 1 is 0.952 bits per heavy atom. The van der Waals surface area contributed by atoms with Crippen molar-refractivity contribution < 1.29 is 17.9 Å². The van der Waals surface area contributed by atoms with E-state index in [1.54, 1.807) is 32.4 Å². The molecule has 3 aromatic carbocycles. The maximum absolute atomic E-state index is 14.3. The number of aryl methyl sites for hydroxylation is 1. The molecule has 1 fully saturated rings. The van der Waals surface area contributed by atoms with Crippen LogP contribution in [0.1, 0.15) is 66.4 Å². The fourth-order valence-corrected chi connectivity index (χ4v) is 8.61. The molecule has 2 atom stereocenters. The van der Waals surface area contributed by atoms with Gasteiger partial charge < -0.3 is 9.47 Å². The molecule has 0 bridgehead atoms. The molecule has 1 aromatic heterocycles. The molecule has 0 saturated carbocycles. The quantitative estimate of drug-likeness (QED) is 0.214. The third-order valence-electron chi connectivity index (χ3n) is 8.49. The van der Waals surface area contributed by atoms with Crippen LogP contribution in [-0.4, -0.2) is 43.4 Å². The van der Waals surface area contributed by atoms with Gasteiger partial charge in [-0.05, 0) is 79.6 Å². The van der Waals surface area contributed by atoms with Crippen LogP contribution in [0.15, 0.2) is 78.0 Å². The predicted octanol–water partition coefficient (Wildman–Crippen LogP) is 6.56. The van der Waals surface area contributed by atoms with Crippen LogP contribution in [0.5, 0.6) is 11.5 Å². The number of benzene rings is 3. The average molecular weight is 605 g/mol. The summed E-state index contributed by atoms with van der Waals surface area (Å²) in [6.07, 6.45) is 7.92. The summed E-state index contributed by atoms with van der Waals surface area (Å²) in [6, 6.07) is 22.5. The van der Waals surface area contributed by atoms with Crippen molar-refractivity contribution >= 4 is 26.7 Å². The molecule has 1 aliphatic heterocycles. The summed E-state index contributed by atoms with van der Waals surface area (Å²) in [5, 5.41) is 0.308. The number of sulfonamides is 1. The fourth-order valence-electron chi connectivity index (χ4n) is 6.43. The van der Waals surface area contributed by atoms with Crippen molar-refractivity contribution in [1.29, 1.82) is 0 Å². The molecular weight excluding hydrogens is 569 g/mol. The van der Waals surface area contributed by atoms with E-state index in [1.807, 2.05) is 12.1 Å². The Morgan fingerprint density at radius 3 is 2.55 bits per heavy atom. The highest BCUT2D eigenvalue weighted by molar-refractivity contribution is 7.93. The molecule has 0 amide bonds. The molecule has 0 spiro atoms. The molecule has 1 unspecified atom stereocenters. The first-order valence-corrected chi connectivity index (χ1v) is 16.6. The molecule has 2 heterocycles. The molecule has 0 N–H and O–H groups in total. The predicted molar refractivity (Wildman–Crippen MR) is 165 cm³/mol. The molecule has 4 aromatic rings. The van der Waals surface area contributed by atoms with Gasteiger partial charge >= 0.3 is 0 Å². The summed E-state index contributed by atoms with van der Waals surface area (Å²) in [7, 11) is -0.806. The van der Waals surface area contributed by atoms with E-state index in [1.165, 1.54) is 34.6 Å². The lowest BCUT2D eigenvalue weighted by Gasteiger charge is -2.44. The Kier molecular flexibility index (Phi) is 8.46. The second kappa shape index (κ2) is 12.4. The molecule has 6 rings (SSSR count). The number of hydrogen-bond acceptors (Lipinski definition) is 8. The second-order valence-corrected chi connectivity index (χ2v) is 13.5. The normalized spacial score (nSPS) is 19.2. The van der Waals surface area contributed by atoms with Crippen molar-refractivity contribution in [2.75, 3.05) is 25.1 Å². The number of rotatable bonds is 9. The van der Waals surface area contributed by atoms with Gasteiger partial charge in [0.1, 0.15) is 17.8 Å². The SMILES string of the molecule is COc1ccc(CN(c2ncns2)S(=O)(=O)c2ccc3c(c2)CCCC3N2CCCC[C@@H]2c2ccccc2)c(OC)c1. The lowest BCUT2D eigenvalue weighted by molar-refractivity contribution is 0.0835. The third-order valence-corrected chi connectivity index (χ3v) is 11.0. The van der Waals surface area contributed by atoms with Crippen LogP contribution < -0.4 is 13.8 Å². The number of methoxy groups -OCH3 is 2. The highest BCUT2D eigenvalue weighted by Crippen LogP contribution is 2.43. The number of nitrogens with zero attached hydrogens (tertiary/aromatic N) is 4. The first-order valence-electron chi connectivity index (χ1n) is 14.4. The molecular formula is C32H36N4O4S2. The van der Waals surface area contributed by atoms with Gasteiger partial charge in [0.25, 0.3) is 10.0 Å².